The van der Waals surface area contributed by atoms with E-state index in [1.165, 1.54) is 6.07 Å². The van der Waals surface area contributed by atoms with E-state index >= 15 is 0 Å². The predicted octanol–water partition coefficient (Wildman–Crippen LogP) is 1.66. The third kappa shape index (κ3) is 3.21. The van der Waals surface area contributed by atoms with Crippen molar-refractivity contribution in [1.82, 2.24) is 10.0 Å². The molecule has 2 rings (SSSR count). The Morgan fingerprint density at radius 2 is 2.00 bits per heavy atom. The highest BCUT2D eigenvalue weighted by atomic mass is 19.4. The second-order valence-corrected chi connectivity index (χ2v) is 4.70. The topological polar surface area (TPSA) is 60.3 Å². The Balaban J connectivity index is 2.52. The molecule has 0 saturated heterocycles. The molecule has 0 saturated carbocycles. The number of nitrogens with one attached hydrogen (secondary N) is 1. The van der Waals surface area contributed by atoms with Gasteiger partial charge in [0, 0.05) is 0 Å². The molecular formula is C14H13F3N2O3. The van der Waals surface area contributed by atoms with Gasteiger partial charge in [0.15, 0.2) is 0 Å². The first-order chi connectivity index (χ1) is 10.2. The number of amides is 1. The number of nitrogens with zero attached hydrogens (tertiary/aromatic N) is 1. The molecule has 0 bridgehead atoms. The fourth-order valence-corrected chi connectivity index (χ4v) is 2.02. The van der Waals surface area contributed by atoms with E-state index in [1.807, 2.05) is 0 Å². The standard InChI is InChI=1S/C14H13F3N2O3/c1-8-3-4-9-6-11(12(20)18-7-14(15,16)17)19(22-2)13(21)10(9)5-8/h3-6H,7H2,1-2H3,(H,18,20). The number of aryl methyl sites for hydroxylation is 1. The molecule has 5 nitrogen and oxygen atoms in total. The van der Waals surface area contributed by atoms with E-state index in [2.05, 4.69) is 0 Å². The van der Waals surface area contributed by atoms with Crippen LogP contribution in [0.25, 0.3) is 10.8 Å². The Labute approximate surface area is 123 Å². The lowest BCUT2D eigenvalue weighted by molar-refractivity contribution is -0.123. The smallest absolute Gasteiger partial charge is 0.405 e. The van der Waals surface area contributed by atoms with Gasteiger partial charge in [0.25, 0.3) is 11.5 Å². The molecule has 22 heavy (non-hydrogen) atoms. The second kappa shape index (κ2) is 5.70. The quantitative estimate of drug-likeness (QED) is 0.937. The number of benzene rings is 1. The molecule has 0 atom stereocenters. The number of halogens is 3. The van der Waals surface area contributed by atoms with Crippen LogP contribution in [-0.2, 0) is 0 Å². The van der Waals surface area contributed by atoms with Crippen molar-refractivity contribution in [1.29, 1.82) is 0 Å². The molecule has 0 spiro atoms. The lowest BCUT2D eigenvalue weighted by atomic mass is 10.1. The van der Waals surface area contributed by atoms with E-state index in [0.29, 0.717) is 15.5 Å². The molecule has 118 valence electrons. The van der Waals surface area contributed by atoms with Crippen LogP contribution < -0.4 is 15.7 Å². The molecule has 0 aliphatic heterocycles. The number of fused-ring (bicyclic) bond motifs is 1. The third-order valence-corrected chi connectivity index (χ3v) is 3.00. The van der Waals surface area contributed by atoms with Crippen molar-refractivity contribution < 1.29 is 22.8 Å². The van der Waals surface area contributed by atoms with Crippen molar-refractivity contribution in [3.8, 4) is 0 Å². The van der Waals surface area contributed by atoms with Crippen LogP contribution in [0.5, 0.6) is 0 Å². The molecule has 1 heterocycles. The van der Waals surface area contributed by atoms with Crippen molar-refractivity contribution in [2.24, 2.45) is 0 Å². The van der Waals surface area contributed by atoms with Crippen LogP contribution in [0.1, 0.15) is 16.1 Å². The first kappa shape index (κ1) is 15.9. The number of pyridine rings is 1. The molecule has 1 aromatic carbocycles. The molecule has 0 radical (unpaired) electrons. The molecule has 0 unspecified atom stereocenters. The molecular weight excluding hydrogens is 301 g/mol. The van der Waals surface area contributed by atoms with Crippen molar-refractivity contribution >= 4 is 16.7 Å². The summed E-state index contributed by atoms with van der Waals surface area (Å²) in [6.45, 7) is 0.301. The average molecular weight is 314 g/mol. The van der Waals surface area contributed by atoms with Gasteiger partial charge in [-0.15, -0.1) is 4.73 Å². The number of carbonyl (C=O) groups is 1. The van der Waals surface area contributed by atoms with E-state index in [4.69, 9.17) is 4.84 Å². The zero-order valence-corrected chi connectivity index (χ0v) is 11.8. The highest BCUT2D eigenvalue weighted by molar-refractivity contribution is 5.96. The van der Waals surface area contributed by atoms with Gasteiger partial charge >= 0.3 is 6.18 Å². The fourth-order valence-electron chi connectivity index (χ4n) is 2.02. The Kier molecular flexibility index (Phi) is 4.11. The molecule has 2 aromatic rings. The molecule has 1 N–H and O–H groups in total. The highest BCUT2D eigenvalue weighted by Gasteiger charge is 2.28. The molecule has 8 heteroatoms. The van der Waals surface area contributed by atoms with Crippen LogP contribution in [-0.4, -0.2) is 30.5 Å². The van der Waals surface area contributed by atoms with E-state index < -0.39 is 24.2 Å². The maximum absolute atomic E-state index is 12.3. The summed E-state index contributed by atoms with van der Waals surface area (Å²) in [4.78, 5) is 29.0. The van der Waals surface area contributed by atoms with Gasteiger partial charge in [0.2, 0.25) is 0 Å². The fraction of sp³-hybridized carbons (Fsp3) is 0.286. The summed E-state index contributed by atoms with van der Waals surface area (Å²) in [5.74, 6) is -1.04. The van der Waals surface area contributed by atoms with Crippen LogP contribution in [0.15, 0.2) is 29.1 Å². The van der Waals surface area contributed by atoms with Crippen LogP contribution in [0, 0.1) is 6.92 Å². The Morgan fingerprint density at radius 1 is 1.32 bits per heavy atom. The van der Waals surface area contributed by atoms with Gasteiger partial charge in [-0.2, -0.15) is 13.2 Å². The largest absolute Gasteiger partial charge is 0.413 e. The Hall–Kier alpha value is -2.51. The SMILES string of the molecule is COn1c(C(=O)NCC(F)(F)F)cc2ccc(C)cc2c1=O. The minimum absolute atomic E-state index is 0.298. The minimum Gasteiger partial charge on any atom is -0.413 e. The monoisotopic (exact) mass is 314 g/mol. The molecule has 1 aromatic heterocycles. The van der Waals surface area contributed by atoms with Gasteiger partial charge in [-0.05, 0) is 24.4 Å². The van der Waals surface area contributed by atoms with Gasteiger partial charge in [-0.1, -0.05) is 17.7 Å². The summed E-state index contributed by atoms with van der Waals surface area (Å²) in [7, 11) is 1.16. The number of aromatic nitrogens is 1. The summed E-state index contributed by atoms with van der Waals surface area (Å²) in [6.07, 6.45) is -4.54. The first-order valence-electron chi connectivity index (χ1n) is 6.29. The number of hydrogen-bond donors (Lipinski definition) is 1. The van der Waals surface area contributed by atoms with Gasteiger partial charge in [0.05, 0.1) is 5.39 Å². The first-order valence-corrected chi connectivity index (χ1v) is 6.29. The van der Waals surface area contributed by atoms with Crippen molar-refractivity contribution in [2.45, 2.75) is 13.1 Å². The minimum atomic E-state index is -4.54. The summed E-state index contributed by atoms with van der Waals surface area (Å²) in [5.41, 5.74) is -0.0736. The number of carbonyl (C=O) groups excluding carboxylic acids is 1. The van der Waals surface area contributed by atoms with Crippen LogP contribution in [0.2, 0.25) is 0 Å². The number of alkyl halides is 3. The zero-order valence-electron chi connectivity index (χ0n) is 11.8. The molecule has 0 aliphatic rings. The van der Waals surface area contributed by atoms with Crippen molar-refractivity contribution in [3.63, 3.8) is 0 Å². The lowest BCUT2D eigenvalue weighted by Crippen LogP contribution is -2.38. The van der Waals surface area contributed by atoms with E-state index in [0.717, 1.165) is 12.7 Å². The molecule has 0 aliphatic carbocycles. The highest BCUT2D eigenvalue weighted by Crippen LogP contribution is 2.15. The van der Waals surface area contributed by atoms with E-state index in [1.54, 1.807) is 30.4 Å². The summed E-state index contributed by atoms with van der Waals surface area (Å²) >= 11 is 0. The number of rotatable bonds is 3. The van der Waals surface area contributed by atoms with E-state index in [9.17, 15) is 22.8 Å². The normalized spacial score (nSPS) is 11.5. The van der Waals surface area contributed by atoms with Crippen molar-refractivity contribution in [3.05, 3.63) is 45.9 Å². The summed E-state index contributed by atoms with van der Waals surface area (Å²) in [6, 6.07) is 6.28. The van der Waals surface area contributed by atoms with Gasteiger partial charge < -0.3 is 10.2 Å². The Bertz CT molecular complexity index is 781. The molecule has 1 amide bonds. The van der Waals surface area contributed by atoms with Gasteiger partial charge in [-0.3, -0.25) is 9.59 Å². The van der Waals surface area contributed by atoms with Crippen LogP contribution in [0.3, 0.4) is 0 Å². The lowest BCUT2D eigenvalue weighted by Gasteiger charge is -2.13. The maximum Gasteiger partial charge on any atom is 0.405 e. The second-order valence-electron chi connectivity index (χ2n) is 4.70. The Morgan fingerprint density at radius 3 is 2.59 bits per heavy atom. The summed E-state index contributed by atoms with van der Waals surface area (Å²) < 4.78 is 37.2. The van der Waals surface area contributed by atoms with Crippen molar-refractivity contribution in [2.75, 3.05) is 13.7 Å². The number of hydrogen-bond acceptors (Lipinski definition) is 3. The third-order valence-electron chi connectivity index (χ3n) is 3.00. The van der Waals surface area contributed by atoms with Gasteiger partial charge in [0.1, 0.15) is 19.3 Å². The summed E-state index contributed by atoms with van der Waals surface area (Å²) in [5, 5.41) is 2.47. The van der Waals surface area contributed by atoms with E-state index in [-0.39, 0.29) is 5.69 Å². The van der Waals surface area contributed by atoms with Crippen LogP contribution in [0.4, 0.5) is 13.2 Å². The molecule has 0 fully saturated rings. The van der Waals surface area contributed by atoms with Gasteiger partial charge in [-0.25, -0.2) is 0 Å². The maximum atomic E-state index is 12.3. The average Bonchev–Trinajstić information content (AvgIpc) is 2.44. The van der Waals surface area contributed by atoms with Crippen LogP contribution >= 0.6 is 0 Å². The zero-order chi connectivity index (χ0) is 16.5. The predicted molar refractivity (Wildman–Crippen MR) is 73.8 cm³/mol.